The highest BCUT2D eigenvalue weighted by Gasteiger charge is 2.27. The van der Waals surface area contributed by atoms with Gasteiger partial charge in [0.2, 0.25) is 10.0 Å². The number of benzene rings is 1. The van der Waals surface area contributed by atoms with E-state index in [0.717, 1.165) is 17.9 Å². The molecule has 1 aliphatic heterocycles. The van der Waals surface area contributed by atoms with Crippen molar-refractivity contribution in [1.82, 2.24) is 4.72 Å². The first kappa shape index (κ1) is 15.1. The molecule has 2 rings (SSSR count). The molecule has 1 fully saturated rings. The summed E-state index contributed by atoms with van der Waals surface area (Å²) in [5, 5.41) is 0. The van der Waals surface area contributed by atoms with Gasteiger partial charge >= 0.3 is 5.97 Å². The predicted molar refractivity (Wildman–Crippen MR) is 78.2 cm³/mol. The lowest BCUT2D eigenvalue weighted by molar-refractivity contribution is 0.0596. The average molecular weight is 316 g/mol. The van der Waals surface area contributed by atoms with Crippen LogP contribution in [0.25, 0.3) is 0 Å². The number of anilines is 1. The van der Waals surface area contributed by atoms with Crippen molar-refractivity contribution in [1.29, 1.82) is 0 Å². The zero-order valence-electron chi connectivity index (χ0n) is 11.0. The number of nitrogens with two attached hydrogens (primary N) is 1. The molecule has 1 atom stereocenters. The number of nitrogens with one attached hydrogen (secondary N) is 1. The van der Waals surface area contributed by atoms with Crippen LogP contribution in [0.1, 0.15) is 16.8 Å². The predicted octanol–water partition coefficient (Wildman–Crippen LogP) is 0.839. The Bertz CT molecular complexity index is 610. The Kier molecular flexibility index (Phi) is 4.56. The summed E-state index contributed by atoms with van der Waals surface area (Å²) in [6, 6.07) is 3.99. The molecule has 1 heterocycles. The number of thioether (sulfide) groups is 1. The maximum absolute atomic E-state index is 12.4. The van der Waals surface area contributed by atoms with Gasteiger partial charge in [0.1, 0.15) is 0 Å². The molecule has 1 aromatic rings. The molecule has 0 bridgehead atoms. The van der Waals surface area contributed by atoms with Crippen LogP contribution >= 0.6 is 11.8 Å². The van der Waals surface area contributed by atoms with Crippen LogP contribution in [0.4, 0.5) is 5.69 Å². The van der Waals surface area contributed by atoms with Gasteiger partial charge in [-0.2, -0.15) is 11.8 Å². The molecule has 1 aromatic carbocycles. The number of ether oxygens (including phenoxy) is 1. The number of hydrogen-bond acceptors (Lipinski definition) is 6. The molecule has 1 saturated heterocycles. The number of hydrogen-bond donors (Lipinski definition) is 2. The third kappa shape index (κ3) is 3.25. The number of esters is 1. The van der Waals surface area contributed by atoms with Crippen molar-refractivity contribution in [3.63, 3.8) is 0 Å². The normalized spacial score (nSPS) is 18.9. The van der Waals surface area contributed by atoms with Gasteiger partial charge in [0, 0.05) is 17.5 Å². The van der Waals surface area contributed by atoms with E-state index in [-0.39, 0.29) is 22.2 Å². The third-order valence-electron chi connectivity index (χ3n) is 2.95. The second-order valence-electron chi connectivity index (χ2n) is 4.43. The minimum absolute atomic E-state index is 0.0140. The van der Waals surface area contributed by atoms with Gasteiger partial charge in [-0.3, -0.25) is 0 Å². The molecule has 0 radical (unpaired) electrons. The van der Waals surface area contributed by atoms with Crippen LogP contribution in [0.5, 0.6) is 0 Å². The first-order valence-electron chi connectivity index (χ1n) is 6.02. The van der Waals surface area contributed by atoms with Gasteiger partial charge in [0.15, 0.2) is 0 Å². The fourth-order valence-corrected chi connectivity index (χ4v) is 4.71. The van der Waals surface area contributed by atoms with E-state index in [9.17, 15) is 13.2 Å². The fraction of sp³-hybridized carbons (Fsp3) is 0.417. The lowest BCUT2D eigenvalue weighted by atomic mass is 10.2. The molecule has 0 saturated carbocycles. The van der Waals surface area contributed by atoms with Crippen LogP contribution in [0.15, 0.2) is 23.1 Å². The largest absolute Gasteiger partial charge is 0.465 e. The van der Waals surface area contributed by atoms with E-state index in [1.54, 1.807) is 11.8 Å². The third-order valence-corrected chi connectivity index (χ3v) is 5.67. The second kappa shape index (κ2) is 6.02. The van der Waals surface area contributed by atoms with E-state index in [0.29, 0.717) is 0 Å². The molecule has 8 heteroatoms. The summed E-state index contributed by atoms with van der Waals surface area (Å²) in [5.41, 5.74) is 5.89. The first-order valence-corrected chi connectivity index (χ1v) is 8.66. The quantitative estimate of drug-likeness (QED) is 0.631. The van der Waals surface area contributed by atoms with Crippen molar-refractivity contribution < 1.29 is 17.9 Å². The zero-order chi connectivity index (χ0) is 14.8. The average Bonchev–Trinajstić information content (AvgIpc) is 2.90. The van der Waals surface area contributed by atoms with Crippen molar-refractivity contribution in [2.24, 2.45) is 0 Å². The van der Waals surface area contributed by atoms with Crippen molar-refractivity contribution in [2.45, 2.75) is 17.4 Å². The Hall–Kier alpha value is -1.25. The summed E-state index contributed by atoms with van der Waals surface area (Å²) in [4.78, 5) is 11.5. The van der Waals surface area contributed by atoms with Crippen molar-refractivity contribution >= 4 is 33.4 Å². The zero-order valence-corrected chi connectivity index (χ0v) is 12.6. The summed E-state index contributed by atoms with van der Waals surface area (Å²) >= 11 is 1.69. The van der Waals surface area contributed by atoms with Gasteiger partial charge in [0.05, 0.1) is 17.6 Å². The van der Waals surface area contributed by atoms with Crippen molar-refractivity contribution in [2.75, 3.05) is 24.3 Å². The monoisotopic (exact) mass is 316 g/mol. The van der Waals surface area contributed by atoms with Gasteiger partial charge in [-0.15, -0.1) is 0 Å². The lowest BCUT2D eigenvalue weighted by Crippen LogP contribution is -2.35. The van der Waals surface area contributed by atoms with Crippen LogP contribution in [-0.4, -0.2) is 39.0 Å². The number of methoxy groups -OCH3 is 1. The van der Waals surface area contributed by atoms with E-state index in [2.05, 4.69) is 9.46 Å². The smallest absolute Gasteiger partial charge is 0.339 e. The van der Waals surface area contributed by atoms with Crippen LogP contribution in [0, 0.1) is 0 Å². The fourth-order valence-electron chi connectivity index (χ4n) is 1.95. The van der Waals surface area contributed by atoms with Crippen molar-refractivity contribution in [3.8, 4) is 0 Å². The molecule has 110 valence electrons. The summed E-state index contributed by atoms with van der Waals surface area (Å²) in [6.45, 7) is 0. The molecular weight excluding hydrogens is 300 g/mol. The minimum Gasteiger partial charge on any atom is -0.465 e. The molecule has 0 aromatic heterocycles. The lowest BCUT2D eigenvalue weighted by Gasteiger charge is -2.14. The maximum Gasteiger partial charge on any atom is 0.339 e. The van der Waals surface area contributed by atoms with Crippen LogP contribution in [-0.2, 0) is 14.8 Å². The number of rotatable bonds is 4. The summed E-state index contributed by atoms with van der Waals surface area (Å²) in [6.07, 6.45) is 0.778. The summed E-state index contributed by atoms with van der Waals surface area (Å²) in [7, 11) is -2.59. The standard InChI is InChI=1S/C12H16N2O4S2/c1-18-12(15)10-3-2-8(13)6-11(10)20(16,17)14-9-4-5-19-7-9/h2-3,6,9,14H,4-5,7,13H2,1H3. The van der Waals surface area contributed by atoms with Crippen LogP contribution in [0.2, 0.25) is 0 Å². The molecule has 20 heavy (non-hydrogen) atoms. The molecule has 1 unspecified atom stereocenters. The Morgan fingerprint density at radius 1 is 1.50 bits per heavy atom. The number of sulfonamides is 1. The molecule has 1 aliphatic rings. The van der Waals surface area contributed by atoms with E-state index in [1.807, 2.05) is 0 Å². The van der Waals surface area contributed by atoms with Gasteiger partial charge in [-0.1, -0.05) is 0 Å². The molecule has 3 N–H and O–H groups in total. The highest BCUT2D eigenvalue weighted by molar-refractivity contribution is 7.99. The van der Waals surface area contributed by atoms with Crippen LogP contribution < -0.4 is 10.5 Å². The van der Waals surface area contributed by atoms with Crippen LogP contribution in [0.3, 0.4) is 0 Å². The van der Waals surface area contributed by atoms with Gasteiger partial charge in [-0.25, -0.2) is 17.9 Å². The Labute approximate surface area is 122 Å². The highest BCUT2D eigenvalue weighted by Crippen LogP contribution is 2.23. The Morgan fingerprint density at radius 3 is 2.85 bits per heavy atom. The minimum atomic E-state index is -3.80. The molecular formula is C12H16N2O4S2. The van der Waals surface area contributed by atoms with Gasteiger partial charge in [-0.05, 0) is 30.4 Å². The van der Waals surface area contributed by atoms with E-state index in [1.165, 1.54) is 25.3 Å². The number of carbonyl (C=O) groups excluding carboxylic acids is 1. The van der Waals surface area contributed by atoms with Gasteiger partial charge < -0.3 is 10.5 Å². The maximum atomic E-state index is 12.4. The molecule has 0 amide bonds. The molecule has 6 nitrogen and oxygen atoms in total. The highest BCUT2D eigenvalue weighted by atomic mass is 32.2. The summed E-state index contributed by atoms with van der Waals surface area (Å²) in [5.74, 6) is 0.953. The first-order chi connectivity index (χ1) is 9.44. The Morgan fingerprint density at radius 2 is 2.25 bits per heavy atom. The molecule has 0 aliphatic carbocycles. The topological polar surface area (TPSA) is 98.5 Å². The number of nitrogen functional groups attached to an aromatic ring is 1. The van der Waals surface area contributed by atoms with E-state index < -0.39 is 16.0 Å². The van der Waals surface area contributed by atoms with Crippen molar-refractivity contribution in [3.05, 3.63) is 23.8 Å². The van der Waals surface area contributed by atoms with E-state index in [4.69, 9.17) is 5.73 Å². The summed E-state index contributed by atoms with van der Waals surface area (Å²) < 4.78 is 32.0. The SMILES string of the molecule is COC(=O)c1ccc(N)cc1S(=O)(=O)NC1CCSC1. The number of carbonyl (C=O) groups is 1. The second-order valence-corrected chi connectivity index (χ2v) is 7.26. The van der Waals surface area contributed by atoms with E-state index >= 15 is 0 Å². The molecule has 0 spiro atoms. The van der Waals surface area contributed by atoms with Gasteiger partial charge in [0.25, 0.3) is 0 Å². The Balaban J connectivity index is 2.38.